The summed E-state index contributed by atoms with van der Waals surface area (Å²) in [6.07, 6.45) is 0. The predicted octanol–water partition coefficient (Wildman–Crippen LogP) is 5.04. The van der Waals surface area contributed by atoms with Gasteiger partial charge in [-0.2, -0.15) is 0 Å². The molecule has 2 N–H and O–H groups in total. The van der Waals surface area contributed by atoms with Crippen LogP contribution in [0.2, 0.25) is 10.0 Å². The number of hydrogen-bond acceptors (Lipinski definition) is 2. The van der Waals surface area contributed by atoms with E-state index in [0.717, 1.165) is 5.56 Å². The average Bonchev–Trinajstić information content (AvgIpc) is 2.48. The molecule has 1 unspecified atom stereocenters. The number of halogens is 3. The summed E-state index contributed by atoms with van der Waals surface area (Å²) in [5, 5.41) is 13.2. The number of carboxylic acid groups (broad SMARTS) is 1. The van der Waals surface area contributed by atoms with Gasteiger partial charge in [0.25, 0.3) is 0 Å². The van der Waals surface area contributed by atoms with E-state index in [0.29, 0.717) is 20.2 Å². The molecule has 0 aliphatic carbocycles. The van der Waals surface area contributed by atoms with Gasteiger partial charge in [-0.15, -0.1) is 0 Å². The van der Waals surface area contributed by atoms with Gasteiger partial charge in [-0.05, 0) is 33.6 Å². The highest BCUT2D eigenvalue weighted by Crippen LogP contribution is 2.36. The van der Waals surface area contributed by atoms with Gasteiger partial charge in [0.1, 0.15) is 0 Å². The van der Waals surface area contributed by atoms with Gasteiger partial charge in [-0.3, -0.25) is 4.79 Å². The van der Waals surface area contributed by atoms with Crippen molar-refractivity contribution in [2.24, 2.45) is 0 Å². The van der Waals surface area contributed by atoms with Gasteiger partial charge >= 0.3 is 5.97 Å². The average molecular weight is 389 g/mol. The summed E-state index contributed by atoms with van der Waals surface area (Å²) >= 11 is 15.5. The fourth-order valence-electron chi connectivity index (χ4n) is 1.91. The standard InChI is InChI=1S/C15H12BrCl2NO2/c16-11-6-7-12(14(18)13(11)17)19-8-10(15(20)21)9-4-2-1-3-5-9/h1-7,10,19H,8H2,(H,20,21). The molecule has 0 bridgehead atoms. The second-order valence-electron chi connectivity index (χ2n) is 4.41. The zero-order chi connectivity index (χ0) is 15.4. The highest BCUT2D eigenvalue weighted by Gasteiger charge is 2.20. The molecule has 110 valence electrons. The maximum Gasteiger partial charge on any atom is 0.312 e. The molecular weight excluding hydrogens is 377 g/mol. The third kappa shape index (κ3) is 3.90. The highest BCUT2D eigenvalue weighted by atomic mass is 79.9. The number of aliphatic carboxylic acids is 1. The topological polar surface area (TPSA) is 49.3 Å². The largest absolute Gasteiger partial charge is 0.481 e. The lowest BCUT2D eigenvalue weighted by molar-refractivity contribution is -0.138. The van der Waals surface area contributed by atoms with Crippen LogP contribution >= 0.6 is 39.1 Å². The molecule has 0 amide bonds. The van der Waals surface area contributed by atoms with Crippen LogP contribution in [0.4, 0.5) is 5.69 Å². The van der Waals surface area contributed by atoms with Crippen LogP contribution in [-0.4, -0.2) is 17.6 Å². The lowest BCUT2D eigenvalue weighted by atomic mass is 9.99. The molecule has 0 aliphatic rings. The van der Waals surface area contributed by atoms with E-state index < -0.39 is 11.9 Å². The number of nitrogens with one attached hydrogen (secondary N) is 1. The van der Waals surface area contributed by atoms with Gasteiger partial charge in [-0.25, -0.2) is 0 Å². The van der Waals surface area contributed by atoms with Crippen molar-refractivity contribution in [2.75, 3.05) is 11.9 Å². The van der Waals surface area contributed by atoms with Gasteiger partial charge < -0.3 is 10.4 Å². The van der Waals surface area contributed by atoms with E-state index >= 15 is 0 Å². The first kappa shape index (κ1) is 16.1. The number of carboxylic acids is 1. The summed E-state index contributed by atoms with van der Waals surface area (Å²) in [6, 6.07) is 12.6. The van der Waals surface area contributed by atoms with Crippen molar-refractivity contribution in [3.63, 3.8) is 0 Å². The Morgan fingerprint density at radius 3 is 2.43 bits per heavy atom. The van der Waals surface area contributed by atoms with Crippen LogP contribution < -0.4 is 5.32 Å². The van der Waals surface area contributed by atoms with Crippen LogP contribution in [0, 0.1) is 0 Å². The Bertz CT molecular complexity index is 650. The van der Waals surface area contributed by atoms with Crippen molar-refractivity contribution in [3.8, 4) is 0 Å². The Balaban J connectivity index is 2.17. The molecule has 2 aromatic rings. The summed E-state index contributed by atoms with van der Waals surface area (Å²) < 4.78 is 0.692. The van der Waals surface area contributed by atoms with Gasteiger partial charge in [0.05, 0.1) is 21.7 Å². The van der Waals surface area contributed by atoms with Crippen molar-refractivity contribution >= 4 is 50.8 Å². The first-order valence-corrected chi connectivity index (χ1v) is 7.70. The smallest absolute Gasteiger partial charge is 0.312 e. The van der Waals surface area contributed by atoms with Gasteiger partial charge in [0.15, 0.2) is 0 Å². The van der Waals surface area contributed by atoms with Crippen molar-refractivity contribution in [3.05, 3.63) is 62.5 Å². The van der Waals surface area contributed by atoms with Gasteiger partial charge in [0.2, 0.25) is 0 Å². The second-order valence-corrected chi connectivity index (χ2v) is 6.02. The first-order chi connectivity index (χ1) is 10.0. The van der Waals surface area contributed by atoms with E-state index in [4.69, 9.17) is 23.2 Å². The maximum absolute atomic E-state index is 11.4. The van der Waals surface area contributed by atoms with E-state index in [1.54, 1.807) is 24.3 Å². The monoisotopic (exact) mass is 387 g/mol. The van der Waals surface area contributed by atoms with Crippen molar-refractivity contribution in [1.29, 1.82) is 0 Å². The van der Waals surface area contributed by atoms with Crippen molar-refractivity contribution in [2.45, 2.75) is 5.92 Å². The molecule has 0 heterocycles. The molecule has 0 aromatic heterocycles. The highest BCUT2D eigenvalue weighted by molar-refractivity contribution is 9.10. The molecule has 0 saturated carbocycles. The van der Waals surface area contributed by atoms with Gasteiger partial charge in [0, 0.05) is 11.0 Å². The second kappa shape index (κ2) is 7.16. The van der Waals surface area contributed by atoms with Crippen LogP contribution in [0.25, 0.3) is 0 Å². The van der Waals surface area contributed by atoms with Crippen LogP contribution in [0.15, 0.2) is 46.9 Å². The Labute approximate surface area is 141 Å². The molecule has 3 nitrogen and oxygen atoms in total. The van der Waals surface area contributed by atoms with E-state index in [1.807, 2.05) is 18.2 Å². The fourth-order valence-corrected chi connectivity index (χ4v) is 2.75. The lowest BCUT2D eigenvalue weighted by Gasteiger charge is -2.16. The number of carbonyl (C=O) groups is 1. The molecule has 0 saturated heterocycles. The molecule has 0 aliphatic heterocycles. The SMILES string of the molecule is O=C(O)C(CNc1ccc(Br)c(Cl)c1Cl)c1ccccc1. The fraction of sp³-hybridized carbons (Fsp3) is 0.133. The Hall–Kier alpha value is -1.23. The lowest BCUT2D eigenvalue weighted by Crippen LogP contribution is -2.21. The molecule has 6 heteroatoms. The van der Waals surface area contributed by atoms with E-state index in [9.17, 15) is 9.90 Å². The van der Waals surface area contributed by atoms with Crippen molar-refractivity contribution in [1.82, 2.24) is 0 Å². The minimum absolute atomic E-state index is 0.219. The third-order valence-corrected chi connectivity index (χ3v) is 4.80. The first-order valence-electron chi connectivity index (χ1n) is 6.16. The van der Waals surface area contributed by atoms with E-state index in [2.05, 4.69) is 21.2 Å². The molecule has 1 atom stereocenters. The maximum atomic E-state index is 11.4. The molecule has 0 radical (unpaired) electrons. The van der Waals surface area contributed by atoms with Crippen LogP contribution in [0.1, 0.15) is 11.5 Å². The quantitative estimate of drug-likeness (QED) is 0.705. The van der Waals surface area contributed by atoms with Crippen LogP contribution in [0.5, 0.6) is 0 Å². The summed E-state index contributed by atoms with van der Waals surface area (Å²) in [7, 11) is 0. The Kier molecular flexibility index (Phi) is 5.51. The summed E-state index contributed by atoms with van der Waals surface area (Å²) in [5.41, 5.74) is 1.34. The number of anilines is 1. The number of rotatable bonds is 5. The van der Waals surface area contributed by atoms with Crippen LogP contribution in [0.3, 0.4) is 0 Å². The normalized spacial score (nSPS) is 12.0. The molecule has 21 heavy (non-hydrogen) atoms. The minimum Gasteiger partial charge on any atom is -0.481 e. The molecular formula is C15H12BrCl2NO2. The van der Waals surface area contributed by atoms with Gasteiger partial charge in [-0.1, -0.05) is 53.5 Å². The zero-order valence-electron chi connectivity index (χ0n) is 10.8. The van der Waals surface area contributed by atoms with Crippen molar-refractivity contribution < 1.29 is 9.90 Å². The summed E-state index contributed by atoms with van der Waals surface area (Å²) in [4.78, 5) is 11.4. The Morgan fingerprint density at radius 2 is 1.81 bits per heavy atom. The van der Waals surface area contributed by atoms with E-state index in [-0.39, 0.29) is 6.54 Å². The summed E-state index contributed by atoms with van der Waals surface area (Å²) in [6.45, 7) is 0.219. The zero-order valence-corrected chi connectivity index (χ0v) is 13.9. The predicted molar refractivity (Wildman–Crippen MR) is 89.5 cm³/mol. The molecule has 0 fully saturated rings. The number of hydrogen-bond donors (Lipinski definition) is 2. The Morgan fingerprint density at radius 1 is 1.14 bits per heavy atom. The number of benzene rings is 2. The molecule has 0 spiro atoms. The summed E-state index contributed by atoms with van der Waals surface area (Å²) in [5.74, 6) is -1.56. The molecule has 2 rings (SSSR count). The van der Waals surface area contributed by atoms with E-state index in [1.165, 1.54) is 0 Å². The third-order valence-electron chi connectivity index (χ3n) is 3.03. The minimum atomic E-state index is -0.895. The molecule has 2 aromatic carbocycles. The van der Waals surface area contributed by atoms with Crippen LogP contribution in [-0.2, 0) is 4.79 Å².